The van der Waals surface area contributed by atoms with E-state index < -0.39 is 35.2 Å². The molecule has 0 aliphatic carbocycles. The standard InChI is InChI=1S/C15H12O8/c16-7-3-9(17)8-5-13(20)15(22,23-12(8)4-7)6-1-10(18)14(21)11(19)2-6/h1-4,16-19,21-22H,5H2/t15-/m0/s1. The molecule has 1 aliphatic heterocycles. The summed E-state index contributed by atoms with van der Waals surface area (Å²) < 4.78 is 5.21. The van der Waals surface area contributed by atoms with Gasteiger partial charge >= 0.3 is 0 Å². The predicted molar refractivity (Wildman–Crippen MR) is 74.4 cm³/mol. The van der Waals surface area contributed by atoms with Crippen LogP contribution in [-0.4, -0.2) is 36.4 Å². The van der Waals surface area contributed by atoms with Gasteiger partial charge in [0.2, 0.25) is 5.78 Å². The highest BCUT2D eigenvalue weighted by Gasteiger charge is 2.46. The number of carbonyl (C=O) groups is 1. The van der Waals surface area contributed by atoms with Crippen LogP contribution in [0.4, 0.5) is 0 Å². The summed E-state index contributed by atoms with van der Waals surface area (Å²) in [6.07, 6.45) is -0.402. The van der Waals surface area contributed by atoms with Gasteiger partial charge in [-0.3, -0.25) is 4.79 Å². The lowest BCUT2D eigenvalue weighted by atomic mass is 9.92. The van der Waals surface area contributed by atoms with E-state index >= 15 is 0 Å². The van der Waals surface area contributed by atoms with Crippen molar-refractivity contribution >= 4 is 5.78 Å². The fraction of sp³-hybridized carbons (Fsp3) is 0.133. The van der Waals surface area contributed by atoms with Crippen molar-refractivity contribution in [1.29, 1.82) is 0 Å². The van der Waals surface area contributed by atoms with Gasteiger partial charge in [0.1, 0.15) is 17.2 Å². The molecule has 1 atom stereocenters. The number of hydrogen-bond acceptors (Lipinski definition) is 8. The van der Waals surface area contributed by atoms with Crippen molar-refractivity contribution in [3.8, 4) is 34.5 Å². The smallest absolute Gasteiger partial charge is 0.295 e. The molecular formula is C15H12O8. The van der Waals surface area contributed by atoms with Crippen LogP contribution in [0.2, 0.25) is 0 Å². The molecule has 8 nitrogen and oxygen atoms in total. The van der Waals surface area contributed by atoms with Crippen molar-refractivity contribution in [2.75, 3.05) is 0 Å². The van der Waals surface area contributed by atoms with Crippen LogP contribution < -0.4 is 4.74 Å². The average molecular weight is 320 g/mol. The van der Waals surface area contributed by atoms with Gasteiger partial charge in [-0.25, -0.2) is 0 Å². The number of ether oxygens (including phenoxy) is 1. The van der Waals surface area contributed by atoms with Crippen LogP contribution >= 0.6 is 0 Å². The lowest BCUT2D eigenvalue weighted by molar-refractivity contribution is -0.179. The molecule has 0 spiro atoms. The molecule has 8 heteroatoms. The van der Waals surface area contributed by atoms with Crippen molar-refractivity contribution in [2.24, 2.45) is 0 Å². The molecule has 0 amide bonds. The zero-order valence-corrected chi connectivity index (χ0v) is 11.5. The number of phenols is 5. The largest absolute Gasteiger partial charge is 0.508 e. The summed E-state index contributed by atoms with van der Waals surface area (Å²) in [5.41, 5.74) is -0.228. The summed E-state index contributed by atoms with van der Waals surface area (Å²) in [5.74, 6) is -6.58. The number of aliphatic hydroxyl groups is 1. The van der Waals surface area contributed by atoms with Crippen molar-refractivity contribution < 1.29 is 40.2 Å². The van der Waals surface area contributed by atoms with Crippen LogP contribution in [0, 0.1) is 0 Å². The van der Waals surface area contributed by atoms with E-state index in [0.717, 1.165) is 24.3 Å². The Kier molecular flexibility index (Phi) is 3.01. The minimum Gasteiger partial charge on any atom is -0.508 e. The second-order valence-electron chi connectivity index (χ2n) is 5.15. The predicted octanol–water partition coefficient (Wildman–Crippen LogP) is 0.564. The van der Waals surface area contributed by atoms with Crippen LogP contribution in [0.15, 0.2) is 24.3 Å². The molecule has 2 aromatic carbocycles. The van der Waals surface area contributed by atoms with E-state index in [1.165, 1.54) is 0 Å². The number of fused-ring (bicyclic) bond motifs is 1. The van der Waals surface area contributed by atoms with Crippen LogP contribution in [-0.2, 0) is 17.0 Å². The van der Waals surface area contributed by atoms with Crippen LogP contribution in [0.25, 0.3) is 0 Å². The van der Waals surface area contributed by atoms with Crippen molar-refractivity contribution in [3.63, 3.8) is 0 Å². The minimum absolute atomic E-state index is 0.0877. The van der Waals surface area contributed by atoms with E-state index in [0.29, 0.717) is 0 Å². The summed E-state index contributed by atoms with van der Waals surface area (Å²) >= 11 is 0. The van der Waals surface area contributed by atoms with Gasteiger partial charge < -0.3 is 35.4 Å². The quantitative estimate of drug-likeness (QED) is 0.418. The zero-order chi connectivity index (χ0) is 16.9. The van der Waals surface area contributed by atoms with Gasteiger partial charge in [0.05, 0.1) is 0 Å². The van der Waals surface area contributed by atoms with Gasteiger partial charge in [-0.15, -0.1) is 0 Å². The number of Topliss-reactive ketones (excluding diaryl/α,β-unsaturated/α-hetero) is 1. The summed E-state index contributed by atoms with van der Waals surface area (Å²) in [7, 11) is 0. The van der Waals surface area contributed by atoms with Crippen LogP contribution in [0.3, 0.4) is 0 Å². The zero-order valence-electron chi connectivity index (χ0n) is 11.5. The summed E-state index contributed by atoms with van der Waals surface area (Å²) in [6.45, 7) is 0. The lowest BCUT2D eigenvalue weighted by Gasteiger charge is -2.33. The molecule has 2 aromatic rings. The summed E-state index contributed by atoms with van der Waals surface area (Å²) in [4.78, 5) is 12.2. The van der Waals surface area contributed by atoms with Crippen LogP contribution in [0.5, 0.6) is 34.5 Å². The number of ketones is 1. The first-order valence-electron chi connectivity index (χ1n) is 6.47. The second-order valence-corrected chi connectivity index (χ2v) is 5.15. The molecule has 0 aromatic heterocycles. The molecule has 0 saturated heterocycles. The average Bonchev–Trinajstić information content (AvgIpc) is 2.46. The molecule has 6 N–H and O–H groups in total. The van der Waals surface area contributed by atoms with E-state index in [1.54, 1.807) is 0 Å². The monoisotopic (exact) mass is 320 g/mol. The maximum Gasteiger partial charge on any atom is 0.295 e. The third-order valence-electron chi connectivity index (χ3n) is 3.60. The molecule has 0 bridgehead atoms. The molecule has 0 fully saturated rings. The highest BCUT2D eigenvalue weighted by Crippen LogP contribution is 2.45. The van der Waals surface area contributed by atoms with E-state index in [-0.39, 0.29) is 28.4 Å². The Morgan fingerprint density at radius 3 is 2.13 bits per heavy atom. The molecule has 0 saturated carbocycles. The van der Waals surface area contributed by atoms with Gasteiger partial charge in [0, 0.05) is 29.7 Å². The number of aromatic hydroxyl groups is 5. The molecule has 0 radical (unpaired) electrons. The maximum absolute atomic E-state index is 12.2. The highest BCUT2D eigenvalue weighted by molar-refractivity contribution is 5.92. The normalized spacial score (nSPS) is 20.0. The first-order chi connectivity index (χ1) is 10.7. The SMILES string of the molecule is O=C1Cc2c(O)cc(O)cc2O[C@@]1(O)c1cc(O)c(O)c(O)c1. The Hall–Kier alpha value is -3.13. The van der Waals surface area contributed by atoms with Gasteiger partial charge in [0.15, 0.2) is 17.2 Å². The maximum atomic E-state index is 12.2. The Balaban J connectivity index is 2.14. The molecule has 120 valence electrons. The summed E-state index contributed by atoms with van der Waals surface area (Å²) in [5, 5.41) is 58.1. The van der Waals surface area contributed by atoms with E-state index in [1.807, 2.05) is 0 Å². The van der Waals surface area contributed by atoms with Crippen molar-refractivity contribution in [2.45, 2.75) is 12.2 Å². The number of phenolic OH excluding ortho intramolecular Hbond substituents is 5. The molecule has 0 unspecified atom stereocenters. The van der Waals surface area contributed by atoms with Crippen LogP contribution in [0.1, 0.15) is 11.1 Å². The number of benzene rings is 2. The Labute approximate surface area is 129 Å². The molecular weight excluding hydrogens is 308 g/mol. The Bertz CT molecular complexity index is 805. The molecule has 1 heterocycles. The van der Waals surface area contributed by atoms with Gasteiger partial charge in [-0.1, -0.05) is 0 Å². The van der Waals surface area contributed by atoms with E-state index in [4.69, 9.17) is 4.74 Å². The minimum atomic E-state index is -2.56. The first kappa shape index (κ1) is 14.8. The van der Waals surface area contributed by atoms with Gasteiger partial charge in [-0.05, 0) is 12.1 Å². The number of hydrogen-bond donors (Lipinski definition) is 6. The van der Waals surface area contributed by atoms with Crippen molar-refractivity contribution in [3.05, 3.63) is 35.4 Å². The molecule has 23 heavy (non-hydrogen) atoms. The van der Waals surface area contributed by atoms with Gasteiger partial charge in [-0.2, -0.15) is 0 Å². The third kappa shape index (κ3) is 2.16. The third-order valence-corrected chi connectivity index (χ3v) is 3.60. The second kappa shape index (κ2) is 4.68. The first-order valence-corrected chi connectivity index (χ1v) is 6.47. The fourth-order valence-corrected chi connectivity index (χ4v) is 2.40. The number of rotatable bonds is 1. The number of carbonyl (C=O) groups excluding carboxylic acids is 1. The summed E-state index contributed by atoms with van der Waals surface area (Å²) in [6, 6.07) is 3.85. The highest BCUT2D eigenvalue weighted by atomic mass is 16.6. The van der Waals surface area contributed by atoms with E-state index in [2.05, 4.69) is 0 Å². The molecule has 1 aliphatic rings. The Morgan fingerprint density at radius 2 is 1.52 bits per heavy atom. The molecule has 3 rings (SSSR count). The van der Waals surface area contributed by atoms with E-state index in [9.17, 15) is 35.4 Å². The topological polar surface area (TPSA) is 148 Å². The van der Waals surface area contributed by atoms with Gasteiger partial charge in [0.25, 0.3) is 5.79 Å². The fourth-order valence-electron chi connectivity index (χ4n) is 2.40. The lowest BCUT2D eigenvalue weighted by Crippen LogP contribution is -2.45. The van der Waals surface area contributed by atoms with Crippen molar-refractivity contribution in [1.82, 2.24) is 0 Å². The Morgan fingerprint density at radius 1 is 0.913 bits per heavy atom.